The van der Waals surface area contributed by atoms with E-state index in [9.17, 15) is 0 Å². The lowest BCUT2D eigenvalue weighted by Gasteiger charge is -2.17. The van der Waals surface area contributed by atoms with Crippen LogP contribution in [0.15, 0.2) is 60.0 Å². The Morgan fingerprint density at radius 3 is 2.64 bits per heavy atom. The topological polar surface area (TPSA) is 28.2 Å². The lowest BCUT2D eigenvalue weighted by atomic mass is 10.1. The van der Waals surface area contributed by atoms with Gasteiger partial charge in [0.25, 0.3) is 0 Å². The van der Waals surface area contributed by atoms with E-state index in [-0.39, 0.29) is 0 Å². The SMILES string of the molecule is Cc1nc(-c2ccc(NC3CCN(Cc4ccccc4)C3)cc2)cs1. The van der Waals surface area contributed by atoms with Crippen molar-refractivity contribution in [3.63, 3.8) is 0 Å². The molecule has 1 aliphatic rings. The molecule has 1 N–H and O–H groups in total. The van der Waals surface area contributed by atoms with Gasteiger partial charge >= 0.3 is 0 Å². The van der Waals surface area contributed by atoms with Crippen LogP contribution >= 0.6 is 11.3 Å². The molecule has 0 spiro atoms. The van der Waals surface area contributed by atoms with Gasteiger partial charge in [0, 0.05) is 42.3 Å². The highest BCUT2D eigenvalue weighted by Gasteiger charge is 2.22. The van der Waals surface area contributed by atoms with Crippen LogP contribution in [0.4, 0.5) is 5.69 Å². The van der Waals surface area contributed by atoms with E-state index >= 15 is 0 Å². The first-order valence-corrected chi connectivity index (χ1v) is 9.69. The lowest BCUT2D eigenvalue weighted by molar-refractivity contribution is 0.328. The van der Waals surface area contributed by atoms with Crippen molar-refractivity contribution >= 4 is 17.0 Å². The minimum absolute atomic E-state index is 0.524. The number of hydrogen-bond acceptors (Lipinski definition) is 4. The molecule has 2 heterocycles. The van der Waals surface area contributed by atoms with Crippen molar-refractivity contribution in [1.82, 2.24) is 9.88 Å². The molecule has 1 saturated heterocycles. The molecule has 1 aromatic heterocycles. The highest BCUT2D eigenvalue weighted by Crippen LogP contribution is 2.24. The summed E-state index contributed by atoms with van der Waals surface area (Å²) in [5.41, 5.74) is 4.85. The molecule has 25 heavy (non-hydrogen) atoms. The highest BCUT2D eigenvalue weighted by molar-refractivity contribution is 7.09. The van der Waals surface area contributed by atoms with Gasteiger partial charge in [-0.3, -0.25) is 4.90 Å². The van der Waals surface area contributed by atoms with E-state index in [1.54, 1.807) is 11.3 Å². The molecule has 3 aromatic rings. The average molecular weight is 350 g/mol. The summed E-state index contributed by atoms with van der Waals surface area (Å²) in [7, 11) is 0. The monoisotopic (exact) mass is 349 g/mol. The molecule has 4 rings (SSSR count). The normalized spacial score (nSPS) is 17.7. The number of nitrogens with zero attached hydrogens (tertiary/aromatic N) is 2. The molecule has 0 radical (unpaired) electrons. The molecule has 2 aromatic carbocycles. The van der Waals surface area contributed by atoms with Crippen molar-refractivity contribution in [3.05, 3.63) is 70.5 Å². The first-order valence-electron chi connectivity index (χ1n) is 8.82. The summed E-state index contributed by atoms with van der Waals surface area (Å²) in [5.74, 6) is 0. The van der Waals surface area contributed by atoms with Gasteiger partial charge in [-0.15, -0.1) is 11.3 Å². The number of nitrogens with one attached hydrogen (secondary N) is 1. The largest absolute Gasteiger partial charge is 0.381 e. The number of thiazole rings is 1. The van der Waals surface area contributed by atoms with E-state index in [0.29, 0.717) is 6.04 Å². The molecule has 0 saturated carbocycles. The van der Waals surface area contributed by atoms with Gasteiger partial charge in [0.2, 0.25) is 0 Å². The molecule has 0 bridgehead atoms. The van der Waals surface area contributed by atoms with Crippen molar-refractivity contribution in [1.29, 1.82) is 0 Å². The Morgan fingerprint density at radius 1 is 1.12 bits per heavy atom. The Hall–Kier alpha value is -2.17. The van der Waals surface area contributed by atoms with Gasteiger partial charge in [0.15, 0.2) is 0 Å². The van der Waals surface area contributed by atoms with Crippen molar-refractivity contribution in [2.75, 3.05) is 18.4 Å². The van der Waals surface area contributed by atoms with Crippen molar-refractivity contribution < 1.29 is 0 Å². The molecule has 0 amide bonds. The van der Waals surface area contributed by atoms with Gasteiger partial charge in [-0.05, 0) is 31.0 Å². The number of anilines is 1. The van der Waals surface area contributed by atoms with E-state index in [1.807, 2.05) is 6.92 Å². The van der Waals surface area contributed by atoms with Crippen LogP contribution in [0, 0.1) is 6.92 Å². The Bertz CT molecular complexity index is 811. The summed E-state index contributed by atoms with van der Waals surface area (Å²) in [5, 5.41) is 6.91. The quantitative estimate of drug-likeness (QED) is 0.717. The molecule has 1 aliphatic heterocycles. The van der Waals surface area contributed by atoms with Crippen LogP contribution in [0.3, 0.4) is 0 Å². The first-order chi connectivity index (χ1) is 12.3. The van der Waals surface area contributed by atoms with Crippen molar-refractivity contribution in [2.24, 2.45) is 0 Å². The Labute approximate surface area is 153 Å². The van der Waals surface area contributed by atoms with Crippen molar-refractivity contribution in [2.45, 2.75) is 25.9 Å². The van der Waals surface area contributed by atoms with Crippen LogP contribution < -0.4 is 5.32 Å². The number of aryl methyl sites for hydroxylation is 1. The fourth-order valence-corrected chi connectivity index (χ4v) is 4.03. The van der Waals surface area contributed by atoms with E-state index in [1.165, 1.54) is 23.2 Å². The molecule has 4 heteroatoms. The maximum absolute atomic E-state index is 4.56. The minimum Gasteiger partial charge on any atom is -0.381 e. The maximum atomic E-state index is 4.56. The fourth-order valence-electron chi connectivity index (χ4n) is 3.40. The van der Waals surface area contributed by atoms with Gasteiger partial charge in [-0.1, -0.05) is 42.5 Å². The van der Waals surface area contributed by atoms with Gasteiger partial charge < -0.3 is 5.32 Å². The smallest absolute Gasteiger partial charge is 0.0901 e. The summed E-state index contributed by atoms with van der Waals surface area (Å²) >= 11 is 1.70. The van der Waals surface area contributed by atoms with Gasteiger partial charge in [-0.25, -0.2) is 4.98 Å². The van der Waals surface area contributed by atoms with E-state index in [2.05, 4.69) is 75.2 Å². The number of benzene rings is 2. The summed E-state index contributed by atoms with van der Waals surface area (Å²) in [6.45, 7) is 5.34. The summed E-state index contributed by atoms with van der Waals surface area (Å²) in [6, 6.07) is 19.9. The second-order valence-electron chi connectivity index (χ2n) is 6.68. The third-order valence-electron chi connectivity index (χ3n) is 4.69. The molecular formula is C21H23N3S. The first kappa shape index (κ1) is 16.3. The molecular weight excluding hydrogens is 326 g/mol. The lowest BCUT2D eigenvalue weighted by Crippen LogP contribution is -2.25. The van der Waals surface area contributed by atoms with Crippen LogP contribution in [0.5, 0.6) is 0 Å². The molecule has 1 unspecified atom stereocenters. The highest BCUT2D eigenvalue weighted by atomic mass is 32.1. The zero-order chi connectivity index (χ0) is 17.1. The summed E-state index contributed by atoms with van der Waals surface area (Å²) in [4.78, 5) is 7.08. The molecule has 1 fully saturated rings. The van der Waals surface area contributed by atoms with E-state index in [4.69, 9.17) is 0 Å². The molecule has 3 nitrogen and oxygen atoms in total. The van der Waals surface area contributed by atoms with E-state index < -0.39 is 0 Å². The molecule has 0 aliphatic carbocycles. The molecule has 1 atom stereocenters. The predicted molar refractivity (Wildman–Crippen MR) is 106 cm³/mol. The maximum Gasteiger partial charge on any atom is 0.0901 e. The Balaban J connectivity index is 1.33. The fraction of sp³-hybridized carbons (Fsp3) is 0.286. The van der Waals surface area contributed by atoms with Crippen LogP contribution in [0.1, 0.15) is 17.0 Å². The zero-order valence-electron chi connectivity index (χ0n) is 14.5. The number of aromatic nitrogens is 1. The van der Waals surface area contributed by atoms with Gasteiger partial charge in [0.1, 0.15) is 0 Å². The van der Waals surface area contributed by atoms with Gasteiger partial charge in [-0.2, -0.15) is 0 Å². The summed E-state index contributed by atoms with van der Waals surface area (Å²) in [6.07, 6.45) is 1.19. The standard InChI is InChI=1S/C21H23N3S/c1-16-22-21(15-25-16)18-7-9-19(10-8-18)23-20-11-12-24(14-20)13-17-5-3-2-4-6-17/h2-10,15,20,23H,11-14H2,1H3. The number of rotatable bonds is 5. The zero-order valence-corrected chi connectivity index (χ0v) is 15.3. The van der Waals surface area contributed by atoms with Crippen molar-refractivity contribution in [3.8, 4) is 11.3 Å². The second kappa shape index (κ2) is 7.38. The number of likely N-dealkylation sites (tertiary alicyclic amines) is 1. The van der Waals surface area contributed by atoms with Crippen LogP contribution in [-0.2, 0) is 6.54 Å². The Morgan fingerprint density at radius 2 is 1.92 bits per heavy atom. The van der Waals surface area contributed by atoms with Gasteiger partial charge in [0.05, 0.1) is 10.7 Å². The molecule has 128 valence electrons. The third kappa shape index (κ3) is 4.09. The predicted octanol–water partition coefficient (Wildman–Crippen LogP) is 4.80. The average Bonchev–Trinajstić information content (AvgIpc) is 3.26. The van der Waals surface area contributed by atoms with Crippen LogP contribution in [0.2, 0.25) is 0 Å². The second-order valence-corrected chi connectivity index (χ2v) is 7.74. The third-order valence-corrected chi connectivity index (χ3v) is 5.47. The summed E-state index contributed by atoms with van der Waals surface area (Å²) < 4.78 is 0. The van der Waals surface area contributed by atoms with Crippen LogP contribution in [0.25, 0.3) is 11.3 Å². The van der Waals surface area contributed by atoms with E-state index in [0.717, 1.165) is 30.3 Å². The number of hydrogen-bond donors (Lipinski definition) is 1. The minimum atomic E-state index is 0.524. The Kier molecular flexibility index (Phi) is 4.81. The van der Waals surface area contributed by atoms with Crippen LogP contribution in [-0.4, -0.2) is 29.0 Å².